The molecule has 1 aromatic carbocycles. The van der Waals surface area contributed by atoms with Crippen molar-refractivity contribution in [2.75, 3.05) is 0 Å². The molecule has 5 aliphatic rings. The molecule has 4 unspecified atom stereocenters. The molecule has 0 N–H and O–H groups in total. The summed E-state index contributed by atoms with van der Waals surface area (Å²) in [5.41, 5.74) is 1.21. The Morgan fingerprint density at radius 1 is 1.12 bits per heavy atom. The van der Waals surface area contributed by atoms with Gasteiger partial charge in [-0.1, -0.05) is 35.3 Å². The molecule has 1 aromatic rings. The van der Waals surface area contributed by atoms with Crippen molar-refractivity contribution in [1.29, 1.82) is 0 Å². The molecule has 6 rings (SSSR count). The van der Waals surface area contributed by atoms with Gasteiger partial charge in [-0.05, 0) is 73.8 Å². The van der Waals surface area contributed by atoms with E-state index in [1.165, 1.54) is 19.3 Å². The zero-order valence-electron chi connectivity index (χ0n) is 14.5. The standard InChI is InChI=1S/C20H22Cl2N2O/c1-19(2)18(25)24(23(19)9-10-4-3-5-15(21)16(10)22)17-13-7-11-6-12-8-14(17)20(11,12)13/h3-5,11-14,17H,6-9H2,1-2H3. The third kappa shape index (κ3) is 1.44. The van der Waals surface area contributed by atoms with Crippen molar-refractivity contribution < 1.29 is 4.79 Å². The molecule has 4 aliphatic carbocycles. The van der Waals surface area contributed by atoms with E-state index in [0.29, 0.717) is 28.0 Å². The van der Waals surface area contributed by atoms with Crippen LogP contribution in [0.2, 0.25) is 10.0 Å². The molecule has 0 radical (unpaired) electrons. The second-order valence-corrected chi connectivity index (χ2v) is 10.1. The zero-order chi connectivity index (χ0) is 17.3. The van der Waals surface area contributed by atoms with Crippen LogP contribution in [0.5, 0.6) is 0 Å². The van der Waals surface area contributed by atoms with Gasteiger partial charge >= 0.3 is 0 Å². The van der Waals surface area contributed by atoms with Crippen LogP contribution >= 0.6 is 23.2 Å². The van der Waals surface area contributed by atoms with Crippen LogP contribution < -0.4 is 0 Å². The molecule has 1 amide bonds. The van der Waals surface area contributed by atoms with E-state index in [9.17, 15) is 4.79 Å². The molecule has 1 saturated heterocycles. The van der Waals surface area contributed by atoms with E-state index in [1.807, 2.05) is 32.0 Å². The highest BCUT2D eigenvalue weighted by atomic mass is 35.5. The summed E-state index contributed by atoms with van der Waals surface area (Å²) in [7, 11) is 0. The highest BCUT2D eigenvalue weighted by Crippen LogP contribution is 2.88. The van der Waals surface area contributed by atoms with E-state index in [2.05, 4.69) is 10.0 Å². The number of hydrogen-bond acceptors (Lipinski definition) is 2. The van der Waals surface area contributed by atoms with Crippen LogP contribution in [-0.2, 0) is 11.3 Å². The van der Waals surface area contributed by atoms with E-state index in [4.69, 9.17) is 23.2 Å². The summed E-state index contributed by atoms with van der Waals surface area (Å²) in [6, 6.07) is 6.19. The Bertz CT molecular complexity index is 800. The molecule has 25 heavy (non-hydrogen) atoms. The number of rotatable bonds is 3. The number of benzene rings is 1. The van der Waals surface area contributed by atoms with E-state index in [1.54, 1.807) is 0 Å². The summed E-state index contributed by atoms with van der Waals surface area (Å²) in [5.74, 6) is 3.76. The molecule has 1 aliphatic heterocycles. The van der Waals surface area contributed by atoms with Gasteiger partial charge < -0.3 is 0 Å². The van der Waals surface area contributed by atoms with Gasteiger partial charge in [0.1, 0.15) is 5.54 Å². The first-order valence-electron chi connectivity index (χ1n) is 9.42. The van der Waals surface area contributed by atoms with Crippen molar-refractivity contribution in [3.05, 3.63) is 33.8 Å². The first kappa shape index (κ1) is 15.3. The number of carbonyl (C=O) groups excluding carboxylic acids is 1. The van der Waals surface area contributed by atoms with Crippen LogP contribution in [0.25, 0.3) is 0 Å². The van der Waals surface area contributed by atoms with Crippen LogP contribution in [0.15, 0.2) is 18.2 Å². The Labute approximate surface area is 158 Å². The van der Waals surface area contributed by atoms with Crippen molar-refractivity contribution in [3.63, 3.8) is 0 Å². The van der Waals surface area contributed by atoms with Crippen LogP contribution in [-0.4, -0.2) is 27.5 Å². The normalized spacial score (nSPS) is 45.2. The monoisotopic (exact) mass is 376 g/mol. The molecular formula is C20H22Cl2N2O. The predicted octanol–water partition coefficient (Wildman–Crippen LogP) is 4.38. The zero-order valence-corrected chi connectivity index (χ0v) is 16.0. The molecule has 5 fully saturated rings. The maximum Gasteiger partial charge on any atom is 0.258 e. The maximum atomic E-state index is 12.9. The number of carbonyl (C=O) groups is 1. The van der Waals surface area contributed by atoms with Crippen molar-refractivity contribution in [3.8, 4) is 0 Å². The third-order valence-electron chi connectivity index (χ3n) is 8.44. The van der Waals surface area contributed by atoms with Crippen LogP contribution in [0.4, 0.5) is 0 Å². The Kier molecular flexibility index (Phi) is 2.68. The Morgan fingerprint density at radius 2 is 1.80 bits per heavy atom. The number of amides is 1. The van der Waals surface area contributed by atoms with Crippen molar-refractivity contribution in [2.45, 2.75) is 51.2 Å². The molecule has 132 valence electrons. The molecule has 4 atom stereocenters. The lowest BCUT2D eigenvalue weighted by atomic mass is 9.17. The molecule has 1 spiro atoms. The molecule has 3 nitrogen and oxygen atoms in total. The van der Waals surface area contributed by atoms with E-state index in [0.717, 1.165) is 29.2 Å². The smallest absolute Gasteiger partial charge is 0.258 e. The Hall–Kier alpha value is -0.770. The Balaban J connectivity index is 1.30. The van der Waals surface area contributed by atoms with E-state index >= 15 is 0 Å². The van der Waals surface area contributed by atoms with Gasteiger partial charge in [0.2, 0.25) is 0 Å². The van der Waals surface area contributed by atoms with Crippen LogP contribution in [0, 0.1) is 29.1 Å². The topological polar surface area (TPSA) is 23.6 Å². The summed E-state index contributed by atoms with van der Waals surface area (Å²) < 4.78 is 0. The van der Waals surface area contributed by atoms with Crippen molar-refractivity contribution >= 4 is 29.1 Å². The number of halogens is 2. The lowest BCUT2D eigenvalue weighted by molar-refractivity contribution is -0.426. The van der Waals surface area contributed by atoms with Gasteiger partial charge in [0.25, 0.3) is 5.91 Å². The summed E-state index contributed by atoms with van der Waals surface area (Å²) in [5, 5.41) is 5.53. The van der Waals surface area contributed by atoms with Gasteiger partial charge in [0.15, 0.2) is 0 Å². The fourth-order valence-corrected chi connectivity index (χ4v) is 7.59. The molecule has 0 bridgehead atoms. The summed E-state index contributed by atoms with van der Waals surface area (Å²) in [6.45, 7) is 4.69. The lowest BCUT2D eigenvalue weighted by Crippen LogP contribution is -2.92. The molecule has 5 heteroatoms. The molecule has 0 aromatic heterocycles. The van der Waals surface area contributed by atoms with Crippen LogP contribution in [0.3, 0.4) is 0 Å². The van der Waals surface area contributed by atoms with Crippen LogP contribution in [0.1, 0.15) is 38.7 Å². The number of nitrogens with zero attached hydrogens (tertiary/aromatic N) is 2. The average molecular weight is 377 g/mol. The highest BCUT2D eigenvalue weighted by Gasteiger charge is 2.86. The van der Waals surface area contributed by atoms with E-state index in [-0.39, 0.29) is 5.91 Å². The summed E-state index contributed by atoms with van der Waals surface area (Å²) in [6.07, 6.45) is 4.14. The average Bonchev–Trinajstić information content (AvgIpc) is 2.50. The predicted molar refractivity (Wildman–Crippen MR) is 97.0 cm³/mol. The fourth-order valence-electron chi connectivity index (χ4n) is 7.21. The summed E-state index contributed by atoms with van der Waals surface area (Å²) >= 11 is 12.6. The second-order valence-electron chi connectivity index (χ2n) is 9.28. The highest BCUT2D eigenvalue weighted by molar-refractivity contribution is 6.42. The second kappa shape index (κ2) is 4.37. The third-order valence-corrected chi connectivity index (χ3v) is 9.30. The minimum absolute atomic E-state index is 0.275. The fraction of sp³-hybridized carbons (Fsp3) is 0.650. The van der Waals surface area contributed by atoms with Gasteiger partial charge in [-0.25, -0.2) is 0 Å². The SMILES string of the molecule is CC1(C)C(=O)N(C2C3CC4CC5CC2C453)N1Cc1cccc(Cl)c1Cl. The molecule has 4 saturated carbocycles. The molecular weight excluding hydrogens is 355 g/mol. The summed E-state index contributed by atoms with van der Waals surface area (Å²) in [4.78, 5) is 12.9. The lowest BCUT2D eigenvalue weighted by Gasteiger charge is -2.90. The van der Waals surface area contributed by atoms with Gasteiger partial charge in [-0.2, -0.15) is 5.01 Å². The Morgan fingerprint density at radius 3 is 2.44 bits per heavy atom. The van der Waals surface area contributed by atoms with Gasteiger partial charge in [0, 0.05) is 6.54 Å². The van der Waals surface area contributed by atoms with Gasteiger partial charge in [0.05, 0.1) is 16.1 Å². The van der Waals surface area contributed by atoms with Gasteiger partial charge in [-0.15, -0.1) is 0 Å². The van der Waals surface area contributed by atoms with Crippen molar-refractivity contribution in [1.82, 2.24) is 10.0 Å². The largest absolute Gasteiger partial charge is 0.271 e. The first-order valence-corrected chi connectivity index (χ1v) is 10.2. The number of hydrogen-bond donors (Lipinski definition) is 0. The van der Waals surface area contributed by atoms with Crippen molar-refractivity contribution in [2.24, 2.45) is 29.1 Å². The quantitative estimate of drug-likeness (QED) is 0.781. The minimum atomic E-state index is -0.458. The molecule has 1 heterocycles. The number of hydrazine groups is 1. The first-order chi connectivity index (χ1) is 11.9. The minimum Gasteiger partial charge on any atom is -0.271 e. The van der Waals surface area contributed by atoms with Gasteiger partial charge in [-0.3, -0.25) is 9.80 Å². The van der Waals surface area contributed by atoms with E-state index < -0.39 is 5.54 Å². The maximum absolute atomic E-state index is 12.9.